The smallest absolute Gasteiger partial charge is 0.0622 e. The molecule has 2 rings (SSSR count). The molecule has 0 aromatic rings. The van der Waals surface area contributed by atoms with E-state index in [1.165, 1.54) is 32.1 Å². The highest BCUT2D eigenvalue weighted by atomic mass is 16.5. The second-order valence-electron chi connectivity index (χ2n) is 6.42. The van der Waals surface area contributed by atoms with Crippen LogP contribution >= 0.6 is 0 Å². The Balaban J connectivity index is 2.02. The van der Waals surface area contributed by atoms with Crippen LogP contribution in [0.1, 0.15) is 52.9 Å². The lowest BCUT2D eigenvalue weighted by Gasteiger charge is -2.47. The highest BCUT2D eigenvalue weighted by molar-refractivity contribution is 4.93. The third-order valence-corrected chi connectivity index (χ3v) is 4.91. The molecule has 1 heterocycles. The first-order valence-electron chi connectivity index (χ1n) is 8.33. The van der Waals surface area contributed by atoms with Crippen LogP contribution in [0.5, 0.6) is 0 Å². The summed E-state index contributed by atoms with van der Waals surface area (Å²) >= 11 is 0. The van der Waals surface area contributed by atoms with Gasteiger partial charge in [-0.2, -0.15) is 0 Å². The van der Waals surface area contributed by atoms with Gasteiger partial charge in [-0.25, -0.2) is 0 Å². The van der Waals surface area contributed by atoms with Gasteiger partial charge in [0.05, 0.1) is 13.2 Å². The Morgan fingerprint density at radius 2 is 2.11 bits per heavy atom. The van der Waals surface area contributed by atoms with Gasteiger partial charge in [0, 0.05) is 24.7 Å². The topological polar surface area (TPSA) is 24.5 Å². The quantitative estimate of drug-likeness (QED) is 0.829. The van der Waals surface area contributed by atoms with E-state index in [0.29, 0.717) is 12.1 Å². The minimum atomic E-state index is 0.634. The molecule has 19 heavy (non-hydrogen) atoms. The first kappa shape index (κ1) is 15.3. The summed E-state index contributed by atoms with van der Waals surface area (Å²) in [4.78, 5) is 2.76. The molecule has 1 saturated heterocycles. The summed E-state index contributed by atoms with van der Waals surface area (Å²) in [6.45, 7) is 11.1. The average molecular weight is 268 g/mol. The Labute approximate surface area is 119 Å². The van der Waals surface area contributed by atoms with Crippen molar-refractivity contribution < 1.29 is 4.74 Å². The zero-order valence-corrected chi connectivity index (χ0v) is 13.0. The molecule has 1 aliphatic heterocycles. The fourth-order valence-electron chi connectivity index (χ4n) is 3.74. The monoisotopic (exact) mass is 268 g/mol. The minimum absolute atomic E-state index is 0.634. The van der Waals surface area contributed by atoms with Crippen molar-refractivity contribution in [3.8, 4) is 0 Å². The predicted molar refractivity (Wildman–Crippen MR) is 80.5 cm³/mol. The van der Waals surface area contributed by atoms with E-state index in [1.807, 2.05) is 0 Å². The van der Waals surface area contributed by atoms with Crippen LogP contribution in [0.4, 0.5) is 0 Å². The lowest BCUT2D eigenvalue weighted by atomic mass is 9.81. The number of morpholine rings is 1. The molecule has 0 bridgehead atoms. The molecular formula is C16H32N2O. The summed E-state index contributed by atoms with van der Waals surface area (Å²) in [5, 5.41) is 3.80. The third-order valence-electron chi connectivity index (χ3n) is 4.91. The summed E-state index contributed by atoms with van der Waals surface area (Å²) in [7, 11) is 0. The number of nitrogens with one attached hydrogen (secondary N) is 1. The van der Waals surface area contributed by atoms with Crippen LogP contribution in [0.2, 0.25) is 0 Å². The third kappa shape index (κ3) is 3.93. The molecule has 2 fully saturated rings. The summed E-state index contributed by atoms with van der Waals surface area (Å²) < 4.78 is 5.68. The van der Waals surface area contributed by atoms with E-state index in [9.17, 15) is 0 Å². The molecule has 0 spiro atoms. The van der Waals surface area contributed by atoms with Gasteiger partial charge in [-0.05, 0) is 44.6 Å². The Kier molecular flexibility index (Phi) is 6.11. The van der Waals surface area contributed by atoms with Crippen LogP contribution in [0, 0.1) is 5.92 Å². The molecular weight excluding hydrogens is 236 g/mol. The highest BCUT2D eigenvalue weighted by Crippen LogP contribution is 2.30. The van der Waals surface area contributed by atoms with Crippen molar-refractivity contribution >= 4 is 0 Å². The van der Waals surface area contributed by atoms with Crippen LogP contribution in [0.15, 0.2) is 0 Å². The molecule has 3 nitrogen and oxygen atoms in total. The van der Waals surface area contributed by atoms with E-state index < -0.39 is 0 Å². The molecule has 1 saturated carbocycles. The number of hydrogen-bond acceptors (Lipinski definition) is 3. The zero-order chi connectivity index (χ0) is 13.7. The standard InChI is InChI=1S/C16H32N2O/c1-4-8-17-15-7-6-13(3)11-16(15)18-9-10-19-12-14(18)5-2/h13-17H,4-12H2,1-3H3. The van der Waals surface area contributed by atoms with Crippen molar-refractivity contribution in [2.45, 2.75) is 71.0 Å². The summed E-state index contributed by atoms with van der Waals surface area (Å²) in [5.41, 5.74) is 0. The second kappa shape index (κ2) is 7.61. The molecule has 0 aromatic carbocycles. The van der Waals surface area contributed by atoms with E-state index in [-0.39, 0.29) is 0 Å². The molecule has 1 aliphatic carbocycles. The first-order valence-corrected chi connectivity index (χ1v) is 8.33. The van der Waals surface area contributed by atoms with E-state index in [2.05, 4.69) is 31.0 Å². The molecule has 112 valence electrons. The van der Waals surface area contributed by atoms with Gasteiger partial charge in [0.15, 0.2) is 0 Å². The van der Waals surface area contributed by atoms with Gasteiger partial charge in [-0.15, -0.1) is 0 Å². The van der Waals surface area contributed by atoms with Crippen LogP contribution in [-0.4, -0.2) is 49.3 Å². The average Bonchev–Trinajstić information content (AvgIpc) is 2.46. The zero-order valence-electron chi connectivity index (χ0n) is 13.0. The van der Waals surface area contributed by atoms with E-state index in [4.69, 9.17) is 4.74 Å². The van der Waals surface area contributed by atoms with Crippen molar-refractivity contribution in [1.29, 1.82) is 0 Å². The normalized spacial score (nSPS) is 37.4. The van der Waals surface area contributed by atoms with Crippen LogP contribution in [0.3, 0.4) is 0 Å². The van der Waals surface area contributed by atoms with Crippen molar-refractivity contribution in [3.63, 3.8) is 0 Å². The lowest BCUT2D eigenvalue weighted by Crippen LogP contribution is -2.59. The van der Waals surface area contributed by atoms with Gasteiger partial charge in [0.2, 0.25) is 0 Å². The molecule has 4 unspecified atom stereocenters. The van der Waals surface area contributed by atoms with Crippen molar-refractivity contribution in [3.05, 3.63) is 0 Å². The fraction of sp³-hybridized carbons (Fsp3) is 1.00. The van der Waals surface area contributed by atoms with Gasteiger partial charge < -0.3 is 10.1 Å². The van der Waals surface area contributed by atoms with Gasteiger partial charge in [0.25, 0.3) is 0 Å². The number of rotatable bonds is 5. The summed E-state index contributed by atoms with van der Waals surface area (Å²) in [5.74, 6) is 0.880. The first-order chi connectivity index (χ1) is 9.26. The van der Waals surface area contributed by atoms with Gasteiger partial charge in [-0.1, -0.05) is 20.8 Å². The van der Waals surface area contributed by atoms with E-state index in [1.54, 1.807) is 0 Å². The second-order valence-corrected chi connectivity index (χ2v) is 6.42. The summed E-state index contributed by atoms with van der Waals surface area (Å²) in [6, 6.07) is 2.06. The maximum atomic E-state index is 5.68. The fourth-order valence-corrected chi connectivity index (χ4v) is 3.74. The molecule has 0 radical (unpaired) electrons. The maximum Gasteiger partial charge on any atom is 0.0622 e. The predicted octanol–water partition coefficient (Wildman–Crippen LogP) is 2.65. The van der Waals surface area contributed by atoms with Gasteiger partial charge >= 0.3 is 0 Å². The number of nitrogens with zero attached hydrogens (tertiary/aromatic N) is 1. The number of ether oxygens (including phenoxy) is 1. The maximum absolute atomic E-state index is 5.68. The molecule has 3 heteroatoms. The van der Waals surface area contributed by atoms with Gasteiger partial charge in [0.1, 0.15) is 0 Å². The van der Waals surface area contributed by atoms with Crippen LogP contribution in [0.25, 0.3) is 0 Å². The largest absolute Gasteiger partial charge is 0.378 e. The molecule has 0 aromatic heterocycles. The number of hydrogen-bond donors (Lipinski definition) is 1. The minimum Gasteiger partial charge on any atom is -0.378 e. The van der Waals surface area contributed by atoms with Crippen molar-refractivity contribution in [1.82, 2.24) is 10.2 Å². The Hall–Kier alpha value is -0.120. The molecule has 2 aliphatic rings. The van der Waals surface area contributed by atoms with E-state index in [0.717, 1.165) is 38.3 Å². The van der Waals surface area contributed by atoms with E-state index >= 15 is 0 Å². The van der Waals surface area contributed by atoms with Crippen molar-refractivity contribution in [2.75, 3.05) is 26.3 Å². The van der Waals surface area contributed by atoms with Gasteiger partial charge in [-0.3, -0.25) is 4.90 Å². The van der Waals surface area contributed by atoms with Crippen LogP contribution < -0.4 is 5.32 Å². The SMILES string of the molecule is CCCNC1CCC(C)CC1N1CCOCC1CC. The molecule has 4 atom stereocenters. The Bertz CT molecular complexity index is 257. The Morgan fingerprint density at radius 1 is 1.26 bits per heavy atom. The lowest BCUT2D eigenvalue weighted by molar-refractivity contribution is -0.0487. The van der Waals surface area contributed by atoms with Crippen LogP contribution in [-0.2, 0) is 4.74 Å². The molecule has 0 amide bonds. The van der Waals surface area contributed by atoms with Crippen molar-refractivity contribution in [2.24, 2.45) is 5.92 Å². The Morgan fingerprint density at radius 3 is 2.84 bits per heavy atom. The summed E-state index contributed by atoms with van der Waals surface area (Å²) in [6.07, 6.45) is 6.54. The highest BCUT2D eigenvalue weighted by Gasteiger charge is 2.36. The molecule has 1 N–H and O–H groups in total.